The van der Waals surface area contributed by atoms with Crippen LogP contribution in [0.15, 0.2) is 95.0 Å². The lowest BCUT2D eigenvalue weighted by Crippen LogP contribution is -2.28. The minimum absolute atomic E-state index is 0.0330. The van der Waals surface area contributed by atoms with Gasteiger partial charge in [-0.3, -0.25) is 14.6 Å². The summed E-state index contributed by atoms with van der Waals surface area (Å²) in [5.41, 5.74) is 1.21. The Bertz CT molecular complexity index is 3180. The zero-order chi connectivity index (χ0) is 58.2. The number of aromatic carboxylic acids is 2. The molecule has 0 aliphatic heterocycles. The van der Waals surface area contributed by atoms with Gasteiger partial charge < -0.3 is 43.9 Å². The number of pyridine rings is 5. The number of fused-ring (bicyclic) bond motifs is 2. The summed E-state index contributed by atoms with van der Waals surface area (Å²) < 4.78 is 29.5. The fourth-order valence-corrected chi connectivity index (χ4v) is 8.00. The number of nitrogens with zero attached hydrogens (tertiary/aromatic N) is 6. The average Bonchev–Trinajstić information content (AvgIpc) is 3.40. The van der Waals surface area contributed by atoms with Gasteiger partial charge in [-0.1, -0.05) is 123 Å². The lowest BCUT2D eigenvalue weighted by atomic mass is 10.0. The molecule has 0 radical (unpaired) electrons. The van der Waals surface area contributed by atoms with E-state index >= 15 is 0 Å². The van der Waals surface area contributed by atoms with Crippen LogP contribution in [0.3, 0.4) is 0 Å². The number of ether oxygens (including phenoxy) is 2. The molecule has 0 spiro atoms. The van der Waals surface area contributed by atoms with E-state index in [0.29, 0.717) is 35.7 Å². The molecule has 0 aliphatic carbocycles. The molecule has 1 unspecified atom stereocenters. The van der Waals surface area contributed by atoms with Crippen molar-refractivity contribution in [3.05, 3.63) is 161 Å². The Kier molecular flexibility index (Phi) is 28.1. The average molecular weight is 1140 g/mol. The number of benzene rings is 2. The van der Waals surface area contributed by atoms with E-state index in [9.17, 15) is 44.0 Å². The molecule has 0 saturated heterocycles. The molecule has 7 rings (SSSR count). The van der Waals surface area contributed by atoms with Crippen molar-refractivity contribution in [2.24, 2.45) is 11.8 Å². The number of aliphatic hydroxyl groups is 2. The molecule has 4 N–H and O–H groups in total. The fourth-order valence-electron chi connectivity index (χ4n) is 7.31. The number of likely N-dealkylation sites (N-methyl/N-ethyl adjacent to an activating group) is 1. The highest BCUT2D eigenvalue weighted by Crippen LogP contribution is 2.29. The van der Waals surface area contributed by atoms with Crippen molar-refractivity contribution < 1.29 is 43.9 Å². The monoisotopic (exact) mass is 1130 g/mol. The molecule has 0 aliphatic rings. The van der Waals surface area contributed by atoms with Crippen LogP contribution in [-0.2, 0) is 32.5 Å². The van der Waals surface area contributed by atoms with Gasteiger partial charge in [-0.05, 0) is 71.7 Å². The van der Waals surface area contributed by atoms with Crippen LogP contribution in [-0.4, -0.2) is 101 Å². The van der Waals surface area contributed by atoms with Crippen LogP contribution in [0, 0.1) is 17.7 Å². The molecule has 0 saturated carbocycles. The molecule has 0 fully saturated rings. The Balaban J connectivity index is 0.000000351. The van der Waals surface area contributed by atoms with Gasteiger partial charge in [0.1, 0.15) is 41.5 Å². The number of rotatable bonds is 19. The number of aliphatic hydroxyl groups excluding tert-OH is 2. The standard InChI is InChI=1S/C24H27ClFN3O5.C24H21ClN3O5P.2C4H10.C2H6/c1-3-28(4-2)9-11-34-23-16(12-15-6-5-7-19(25)20(15)26)13-17-21(31)18(24(32)33)14-29(8-10-30)22(17)27-23;25-19-5-1-4-15(21(19)34)9-16-10-17-20(30)18(24(31)32)12-28(7-8-29)22(17)27-23(16)33-13-14-3-2-6-26-11-14;2*1-4(2)3;1-2/h5-7,13-14,30H,3-4,8-12H2,1-2H3,(H,32,33);1-6,10-12,29H,7-9,13,34H2,(H,31,32);2*4H,1-3H3;1-2H3. The third-order valence-electron chi connectivity index (χ3n) is 10.9. The lowest BCUT2D eigenvalue weighted by molar-refractivity contribution is 0.0684. The van der Waals surface area contributed by atoms with Crippen molar-refractivity contribution in [3.8, 4) is 11.8 Å². The van der Waals surface area contributed by atoms with Crippen LogP contribution >= 0.6 is 32.4 Å². The van der Waals surface area contributed by atoms with Crippen LogP contribution in [0.4, 0.5) is 4.39 Å². The molecule has 7 aromatic rings. The number of hydrogen-bond donors (Lipinski definition) is 4. The summed E-state index contributed by atoms with van der Waals surface area (Å²) in [6.45, 7) is 23.5. The van der Waals surface area contributed by atoms with E-state index in [-0.39, 0.29) is 83.7 Å². The highest BCUT2D eigenvalue weighted by Gasteiger charge is 2.22. The van der Waals surface area contributed by atoms with E-state index in [1.54, 1.807) is 42.7 Å². The molecule has 0 bridgehead atoms. The zero-order valence-electron chi connectivity index (χ0n) is 46.1. The number of carboxylic acids is 2. The Morgan fingerprint density at radius 3 is 1.62 bits per heavy atom. The molecule has 20 heteroatoms. The molecule has 422 valence electrons. The van der Waals surface area contributed by atoms with Gasteiger partial charge in [0.05, 0.1) is 29.0 Å². The van der Waals surface area contributed by atoms with Gasteiger partial charge in [0.15, 0.2) is 0 Å². The van der Waals surface area contributed by atoms with Gasteiger partial charge in [-0.25, -0.2) is 14.0 Å². The van der Waals surface area contributed by atoms with Gasteiger partial charge >= 0.3 is 11.9 Å². The Hall–Kier alpha value is -6.33. The minimum Gasteiger partial charge on any atom is -0.477 e. The summed E-state index contributed by atoms with van der Waals surface area (Å²) in [7, 11) is 2.61. The fraction of sp³-hybridized carbons (Fsp3) is 0.397. The number of hydrogen-bond acceptors (Lipinski definition) is 12. The maximum Gasteiger partial charge on any atom is 0.341 e. The van der Waals surface area contributed by atoms with Gasteiger partial charge in [-0.15, -0.1) is 9.24 Å². The Labute approximate surface area is 468 Å². The highest BCUT2D eigenvalue weighted by molar-refractivity contribution is 7.28. The molecular weight excluding hydrogens is 1060 g/mol. The second-order valence-electron chi connectivity index (χ2n) is 18.7. The number of halogens is 3. The number of carboxylic acid groups (broad SMARTS) is 2. The van der Waals surface area contributed by atoms with Crippen molar-refractivity contribution >= 4 is 71.8 Å². The summed E-state index contributed by atoms with van der Waals surface area (Å²) in [4.78, 5) is 64.5. The smallest absolute Gasteiger partial charge is 0.341 e. The van der Waals surface area contributed by atoms with Crippen molar-refractivity contribution in [1.29, 1.82) is 0 Å². The molecule has 78 heavy (non-hydrogen) atoms. The summed E-state index contributed by atoms with van der Waals surface area (Å²) in [6.07, 6.45) is 6.08. The Morgan fingerprint density at radius 1 is 0.705 bits per heavy atom. The third kappa shape index (κ3) is 19.2. The number of carbonyl (C=O) groups is 2. The molecule has 5 aromatic heterocycles. The van der Waals surface area contributed by atoms with Crippen molar-refractivity contribution in [3.63, 3.8) is 0 Å². The summed E-state index contributed by atoms with van der Waals surface area (Å²) in [6, 6.07) is 16.9. The summed E-state index contributed by atoms with van der Waals surface area (Å²) in [5, 5.41) is 39.4. The molecule has 5 heterocycles. The first-order valence-electron chi connectivity index (χ1n) is 25.8. The molecule has 2 aromatic carbocycles. The largest absolute Gasteiger partial charge is 0.477 e. The first kappa shape index (κ1) is 66.0. The van der Waals surface area contributed by atoms with E-state index in [4.69, 9.17) is 32.7 Å². The topological polar surface area (TPSA) is 219 Å². The molecule has 16 nitrogen and oxygen atoms in total. The second-order valence-corrected chi connectivity index (χ2v) is 20.1. The quantitative estimate of drug-likeness (QED) is 0.0554. The van der Waals surface area contributed by atoms with Crippen molar-refractivity contribution in [2.75, 3.05) is 39.5 Å². The van der Waals surface area contributed by atoms with Gasteiger partial charge in [0.25, 0.3) is 0 Å². The van der Waals surface area contributed by atoms with Crippen molar-refractivity contribution in [1.82, 2.24) is 29.0 Å². The summed E-state index contributed by atoms with van der Waals surface area (Å²) in [5.74, 6) is -1.17. The molecule has 0 amide bonds. The van der Waals surface area contributed by atoms with Crippen molar-refractivity contribution in [2.45, 2.75) is 102 Å². The van der Waals surface area contributed by atoms with E-state index in [1.165, 1.54) is 27.5 Å². The SMILES string of the molecule is CC.CC(C)C.CC(C)C.CCN(CC)CCOc1nc2c(cc1Cc1cccc(Cl)c1F)c(=O)c(C(=O)O)cn2CCO.O=C(O)c1cn(CCO)c2nc(OCc3cccnc3)c(Cc3cccc(Cl)c3P)cc2c1=O. The lowest BCUT2D eigenvalue weighted by Gasteiger charge is -2.19. The normalized spacial score (nSPS) is 10.8. The predicted octanol–water partition coefficient (Wildman–Crippen LogP) is 10.3. The van der Waals surface area contributed by atoms with E-state index in [0.717, 1.165) is 47.6 Å². The minimum atomic E-state index is -1.39. The first-order chi connectivity index (χ1) is 37.1. The van der Waals surface area contributed by atoms with E-state index in [2.05, 4.69) is 70.6 Å². The molecule has 1 atom stereocenters. The maximum atomic E-state index is 14.6. The predicted molar refractivity (Wildman–Crippen MR) is 312 cm³/mol. The van der Waals surface area contributed by atoms with Crippen LogP contribution in [0.1, 0.15) is 118 Å². The van der Waals surface area contributed by atoms with Gasteiger partial charge in [-0.2, -0.15) is 9.97 Å². The van der Waals surface area contributed by atoms with Gasteiger partial charge in [0, 0.05) is 79.0 Å². The number of aromatic nitrogens is 5. The third-order valence-corrected chi connectivity index (χ3v) is 12.4. The van der Waals surface area contributed by atoms with Crippen LogP contribution in [0.2, 0.25) is 10.0 Å². The summed E-state index contributed by atoms with van der Waals surface area (Å²) >= 11 is 12.2. The second kappa shape index (κ2) is 33.2. The van der Waals surface area contributed by atoms with Crippen LogP contribution in [0.5, 0.6) is 11.8 Å². The van der Waals surface area contributed by atoms with Crippen LogP contribution < -0.4 is 25.6 Å². The first-order valence-corrected chi connectivity index (χ1v) is 27.1. The zero-order valence-corrected chi connectivity index (χ0v) is 48.8. The highest BCUT2D eigenvalue weighted by atomic mass is 35.5. The maximum absolute atomic E-state index is 14.6. The Morgan fingerprint density at radius 2 is 1.17 bits per heavy atom. The molecular formula is C58H74Cl2FN6O10P. The van der Waals surface area contributed by atoms with E-state index in [1.807, 2.05) is 45.9 Å². The van der Waals surface area contributed by atoms with Gasteiger partial charge in [0.2, 0.25) is 22.6 Å². The van der Waals surface area contributed by atoms with E-state index < -0.39 is 39.7 Å². The van der Waals surface area contributed by atoms with Crippen LogP contribution in [0.25, 0.3) is 22.1 Å².